The van der Waals surface area contributed by atoms with Gasteiger partial charge < -0.3 is 5.32 Å². The number of rotatable bonds is 4. The maximum absolute atomic E-state index is 10.8. The Morgan fingerprint density at radius 1 is 1.48 bits per heavy atom. The second kappa shape index (κ2) is 6.12. The summed E-state index contributed by atoms with van der Waals surface area (Å²) in [7, 11) is 0. The van der Waals surface area contributed by atoms with Gasteiger partial charge in [-0.15, -0.1) is 11.3 Å². The number of aryl methyl sites for hydroxylation is 1. The number of hydrogen-bond acceptors (Lipinski definition) is 8. The monoisotopic (exact) mass is 343 g/mol. The van der Waals surface area contributed by atoms with Crippen LogP contribution in [0.4, 0.5) is 10.8 Å². The average Bonchev–Trinajstić information content (AvgIpc) is 3.13. The van der Waals surface area contributed by atoms with Gasteiger partial charge >= 0.3 is 0 Å². The lowest BCUT2D eigenvalue weighted by molar-refractivity contribution is -0.384. The molecule has 0 atom stereocenters. The molecule has 0 saturated carbocycles. The van der Waals surface area contributed by atoms with E-state index in [1.807, 2.05) is 12.3 Å². The number of aromatic nitrogens is 2. The quantitative estimate of drug-likeness (QED) is 0.437. The number of benzene rings is 1. The van der Waals surface area contributed by atoms with Gasteiger partial charge in [0.15, 0.2) is 5.13 Å². The highest BCUT2D eigenvalue weighted by Gasteiger charge is 2.10. The number of non-ortho nitro benzene ring substituents is 1. The Hall–Kier alpha value is -2.83. The van der Waals surface area contributed by atoms with E-state index in [9.17, 15) is 15.4 Å². The SMILES string of the molecule is Cc1csc(/C(C#N)=C/Nc2nc3ccc([N+](=O)[O-])cc3s2)n1. The number of anilines is 1. The van der Waals surface area contributed by atoms with Crippen LogP contribution in [0.3, 0.4) is 0 Å². The molecule has 3 rings (SSSR count). The van der Waals surface area contributed by atoms with Gasteiger partial charge in [0.1, 0.15) is 16.6 Å². The molecule has 9 heteroatoms. The first-order chi connectivity index (χ1) is 11.1. The summed E-state index contributed by atoms with van der Waals surface area (Å²) in [6.45, 7) is 1.86. The highest BCUT2D eigenvalue weighted by molar-refractivity contribution is 7.22. The van der Waals surface area contributed by atoms with E-state index in [1.165, 1.54) is 34.8 Å². The van der Waals surface area contributed by atoms with E-state index in [-0.39, 0.29) is 5.69 Å². The van der Waals surface area contributed by atoms with Crippen LogP contribution in [0.5, 0.6) is 0 Å². The molecule has 1 N–H and O–H groups in total. The van der Waals surface area contributed by atoms with Gasteiger partial charge in [-0.2, -0.15) is 5.26 Å². The van der Waals surface area contributed by atoms with Crippen LogP contribution >= 0.6 is 22.7 Å². The third-order valence-corrected chi connectivity index (χ3v) is 4.84. The largest absolute Gasteiger partial charge is 0.337 e. The summed E-state index contributed by atoms with van der Waals surface area (Å²) in [5, 5.41) is 26.0. The zero-order chi connectivity index (χ0) is 16.4. The van der Waals surface area contributed by atoms with Crippen LogP contribution in [0.15, 0.2) is 29.8 Å². The van der Waals surface area contributed by atoms with Crippen molar-refractivity contribution in [3.8, 4) is 6.07 Å². The van der Waals surface area contributed by atoms with Crippen LogP contribution < -0.4 is 5.32 Å². The zero-order valence-corrected chi connectivity index (χ0v) is 13.4. The Morgan fingerprint density at radius 3 is 2.96 bits per heavy atom. The minimum absolute atomic E-state index is 0.0271. The fraction of sp³-hybridized carbons (Fsp3) is 0.0714. The molecule has 3 aromatic rings. The van der Waals surface area contributed by atoms with Crippen LogP contribution in [0.25, 0.3) is 15.8 Å². The van der Waals surface area contributed by atoms with Crippen LogP contribution in [0.1, 0.15) is 10.7 Å². The average molecular weight is 343 g/mol. The van der Waals surface area contributed by atoms with E-state index in [2.05, 4.69) is 21.4 Å². The minimum Gasteiger partial charge on any atom is -0.337 e. The summed E-state index contributed by atoms with van der Waals surface area (Å²) in [5.74, 6) is 0. The molecule has 0 aliphatic heterocycles. The van der Waals surface area contributed by atoms with Gasteiger partial charge in [0.25, 0.3) is 5.69 Å². The van der Waals surface area contributed by atoms with Crippen molar-refractivity contribution < 1.29 is 4.92 Å². The van der Waals surface area contributed by atoms with E-state index in [0.717, 1.165) is 5.69 Å². The molecule has 0 amide bonds. The number of nitriles is 1. The number of nitro benzene ring substituents is 1. The lowest BCUT2D eigenvalue weighted by Crippen LogP contribution is -1.90. The molecule has 23 heavy (non-hydrogen) atoms. The molecule has 114 valence electrons. The Kier molecular flexibility index (Phi) is 4.01. The minimum atomic E-state index is -0.440. The Bertz CT molecular complexity index is 967. The maximum Gasteiger partial charge on any atom is 0.270 e. The van der Waals surface area contributed by atoms with Crippen molar-refractivity contribution in [2.45, 2.75) is 6.92 Å². The first kappa shape index (κ1) is 15.1. The Labute approximate surface area is 138 Å². The number of thiazole rings is 2. The van der Waals surface area contributed by atoms with Crippen molar-refractivity contribution in [1.82, 2.24) is 9.97 Å². The Morgan fingerprint density at radius 2 is 2.30 bits per heavy atom. The van der Waals surface area contributed by atoms with Crippen molar-refractivity contribution in [2.75, 3.05) is 5.32 Å². The zero-order valence-electron chi connectivity index (χ0n) is 11.8. The van der Waals surface area contributed by atoms with Crippen molar-refractivity contribution >= 4 is 49.3 Å². The molecule has 0 aliphatic rings. The summed E-state index contributed by atoms with van der Waals surface area (Å²) in [5.41, 5.74) is 1.96. The van der Waals surface area contributed by atoms with E-state index in [1.54, 1.807) is 12.3 Å². The predicted octanol–water partition coefficient (Wildman–Crippen LogP) is 3.95. The van der Waals surface area contributed by atoms with Gasteiger partial charge in [0.05, 0.1) is 15.1 Å². The molecule has 7 nitrogen and oxygen atoms in total. The lowest BCUT2D eigenvalue weighted by Gasteiger charge is -1.95. The third kappa shape index (κ3) is 3.18. The molecule has 0 spiro atoms. The molecule has 0 radical (unpaired) electrons. The molecule has 2 aromatic heterocycles. The summed E-state index contributed by atoms with van der Waals surface area (Å²) >= 11 is 2.68. The number of nitro groups is 1. The maximum atomic E-state index is 10.8. The smallest absolute Gasteiger partial charge is 0.270 e. The molecular formula is C14H9N5O2S2. The van der Waals surface area contributed by atoms with Gasteiger partial charge in [-0.1, -0.05) is 11.3 Å². The number of nitrogens with one attached hydrogen (secondary N) is 1. The van der Waals surface area contributed by atoms with E-state index in [4.69, 9.17) is 0 Å². The van der Waals surface area contributed by atoms with E-state index >= 15 is 0 Å². The van der Waals surface area contributed by atoms with Crippen molar-refractivity contribution in [1.29, 1.82) is 5.26 Å². The van der Waals surface area contributed by atoms with Crippen molar-refractivity contribution in [3.63, 3.8) is 0 Å². The van der Waals surface area contributed by atoms with Gasteiger partial charge in [0.2, 0.25) is 0 Å². The molecule has 1 aromatic carbocycles. The first-order valence-electron chi connectivity index (χ1n) is 6.41. The molecule has 0 unspecified atom stereocenters. The van der Waals surface area contributed by atoms with E-state index in [0.29, 0.717) is 25.9 Å². The highest BCUT2D eigenvalue weighted by atomic mass is 32.1. The lowest BCUT2D eigenvalue weighted by atomic mass is 10.3. The Balaban J connectivity index is 1.87. The van der Waals surface area contributed by atoms with Gasteiger partial charge in [-0.25, -0.2) is 9.97 Å². The summed E-state index contributed by atoms with van der Waals surface area (Å²) in [4.78, 5) is 18.9. The number of nitrogens with zero attached hydrogens (tertiary/aromatic N) is 4. The highest BCUT2D eigenvalue weighted by Crippen LogP contribution is 2.29. The standard InChI is InChI=1S/C14H9N5O2S2/c1-8-7-22-13(17-8)9(5-15)6-16-14-18-11-3-2-10(19(20)21)4-12(11)23-14/h2-4,6-7H,1H3,(H,16,18)/b9-6+. The molecule has 0 aliphatic carbocycles. The predicted molar refractivity (Wildman–Crippen MR) is 90.3 cm³/mol. The summed E-state index contributed by atoms with van der Waals surface area (Å²) < 4.78 is 0.707. The molecular weight excluding hydrogens is 334 g/mol. The molecule has 0 fully saturated rings. The second-order valence-corrected chi connectivity index (χ2v) is 6.43. The fourth-order valence-electron chi connectivity index (χ4n) is 1.84. The normalized spacial score (nSPS) is 11.4. The van der Waals surface area contributed by atoms with Crippen LogP contribution in [-0.2, 0) is 0 Å². The van der Waals surface area contributed by atoms with Gasteiger partial charge in [0, 0.05) is 29.4 Å². The fourth-order valence-corrected chi connectivity index (χ4v) is 3.47. The molecule has 0 saturated heterocycles. The summed E-state index contributed by atoms with van der Waals surface area (Å²) in [6.07, 6.45) is 1.55. The van der Waals surface area contributed by atoms with Gasteiger partial charge in [-0.3, -0.25) is 10.1 Å². The second-order valence-electron chi connectivity index (χ2n) is 4.54. The van der Waals surface area contributed by atoms with E-state index < -0.39 is 4.92 Å². The van der Waals surface area contributed by atoms with Crippen molar-refractivity contribution in [3.05, 3.63) is 50.6 Å². The van der Waals surface area contributed by atoms with Crippen LogP contribution in [-0.4, -0.2) is 14.9 Å². The summed E-state index contributed by atoms with van der Waals surface area (Å²) in [6, 6.07) is 6.60. The van der Waals surface area contributed by atoms with Crippen LogP contribution in [0.2, 0.25) is 0 Å². The molecule has 2 heterocycles. The molecule has 0 bridgehead atoms. The van der Waals surface area contributed by atoms with Crippen molar-refractivity contribution in [2.24, 2.45) is 0 Å². The third-order valence-electron chi connectivity index (χ3n) is 2.89. The number of hydrogen-bond donors (Lipinski definition) is 1. The topological polar surface area (TPSA) is 105 Å². The number of fused-ring (bicyclic) bond motifs is 1. The van der Waals surface area contributed by atoms with Crippen LogP contribution in [0, 0.1) is 28.4 Å². The van der Waals surface area contributed by atoms with Gasteiger partial charge in [-0.05, 0) is 13.0 Å². The first-order valence-corrected chi connectivity index (χ1v) is 8.11. The number of allylic oxidation sites excluding steroid dienone is 1.